The number of hydrogen-bond donors (Lipinski definition) is 2. The maximum Gasteiger partial charge on any atom is 0.242 e. The third-order valence-electron chi connectivity index (χ3n) is 4.33. The summed E-state index contributed by atoms with van der Waals surface area (Å²) in [6, 6.07) is 18.3. The predicted octanol–water partition coefficient (Wildman–Crippen LogP) is 2.95. The Morgan fingerprint density at radius 1 is 1.03 bits per heavy atom. The first-order chi connectivity index (χ1) is 14.4. The van der Waals surface area contributed by atoms with Crippen molar-refractivity contribution in [2.45, 2.75) is 24.3 Å². The molecule has 0 spiro atoms. The molecule has 0 bridgehead atoms. The van der Waals surface area contributed by atoms with Gasteiger partial charge in [0.2, 0.25) is 15.9 Å². The van der Waals surface area contributed by atoms with Crippen molar-refractivity contribution in [1.29, 1.82) is 0 Å². The van der Waals surface area contributed by atoms with Gasteiger partial charge in [-0.2, -0.15) is 5.10 Å². The van der Waals surface area contributed by atoms with Gasteiger partial charge in [-0.25, -0.2) is 18.6 Å². The second-order valence-corrected chi connectivity index (χ2v) is 8.39. The highest BCUT2D eigenvalue weighted by Gasteiger charge is 2.23. The number of nitrogens with one attached hydrogen (secondary N) is 2. The van der Waals surface area contributed by atoms with E-state index < -0.39 is 22.0 Å². The van der Waals surface area contributed by atoms with Crippen LogP contribution >= 0.6 is 0 Å². The number of aryl methyl sites for hydroxylation is 1. The summed E-state index contributed by atoms with van der Waals surface area (Å²) in [6.45, 7) is 1.88. The average molecular weight is 423 g/mol. The topological polar surface area (TPSA) is 101 Å². The van der Waals surface area contributed by atoms with Gasteiger partial charge in [-0.05, 0) is 42.3 Å². The number of sulfonamides is 1. The molecule has 1 atom stereocenters. The van der Waals surface area contributed by atoms with Gasteiger partial charge in [0.25, 0.3) is 0 Å². The average Bonchev–Trinajstić information content (AvgIpc) is 2.75. The Labute approximate surface area is 175 Å². The van der Waals surface area contributed by atoms with Crippen LogP contribution in [0.15, 0.2) is 89.1 Å². The molecule has 0 aliphatic carbocycles. The van der Waals surface area contributed by atoms with Crippen molar-refractivity contribution in [1.82, 2.24) is 15.1 Å². The Morgan fingerprint density at radius 3 is 2.37 bits per heavy atom. The number of aromatic nitrogens is 1. The van der Waals surface area contributed by atoms with Crippen LogP contribution in [-0.4, -0.2) is 25.5 Å². The quantitative estimate of drug-likeness (QED) is 0.430. The molecule has 0 radical (unpaired) electrons. The lowest BCUT2D eigenvalue weighted by Gasteiger charge is -2.18. The van der Waals surface area contributed by atoms with Gasteiger partial charge in [0, 0.05) is 18.8 Å². The zero-order chi connectivity index (χ0) is 21.4. The van der Waals surface area contributed by atoms with E-state index in [-0.39, 0.29) is 11.3 Å². The third kappa shape index (κ3) is 6.07. The molecule has 2 N–H and O–H groups in total. The van der Waals surface area contributed by atoms with Crippen molar-refractivity contribution in [3.63, 3.8) is 0 Å². The Bertz CT molecular complexity index is 1100. The first-order valence-electron chi connectivity index (χ1n) is 9.30. The molecular formula is C22H22N4O3S. The van der Waals surface area contributed by atoms with Crippen molar-refractivity contribution < 1.29 is 13.2 Å². The van der Waals surface area contributed by atoms with Crippen LogP contribution < -0.4 is 10.1 Å². The van der Waals surface area contributed by atoms with E-state index in [0.29, 0.717) is 5.56 Å². The van der Waals surface area contributed by atoms with Gasteiger partial charge in [0.15, 0.2) is 0 Å². The van der Waals surface area contributed by atoms with Crippen molar-refractivity contribution in [2.75, 3.05) is 0 Å². The summed E-state index contributed by atoms with van der Waals surface area (Å²) in [5.41, 5.74) is 4.86. The molecule has 8 heteroatoms. The van der Waals surface area contributed by atoms with Crippen molar-refractivity contribution in [3.05, 3.63) is 95.8 Å². The van der Waals surface area contributed by atoms with E-state index in [0.717, 1.165) is 11.1 Å². The Hall–Kier alpha value is -3.36. The van der Waals surface area contributed by atoms with Gasteiger partial charge in [0.1, 0.15) is 0 Å². The number of pyridine rings is 1. The van der Waals surface area contributed by atoms with Crippen LogP contribution in [0.3, 0.4) is 0 Å². The number of nitrogens with zero attached hydrogens (tertiary/aromatic N) is 2. The van der Waals surface area contributed by atoms with Gasteiger partial charge >= 0.3 is 0 Å². The maximum atomic E-state index is 12.8. The molecule has 30 heavy (non-hydrogen) atoms. The molecule has 3 aromatic rings. The minimum Gasteiger partial charge on any atom is -0.273 e. The van der Waals surface area contributed by atoms with Crippen LogP contribution in [0.25, 0.3) is 0 Å². The zero-order valence-corrected chi connectivity index (χ0v) is 17.2. The van der Waals surface area contributed by atoms with E-state index in [1.165, 1.54) is 6.21 Å². The highest BCUT2D eigenvalue weighted by atomic mass is 32.2. The lowest BCUT2D eigenvalue weighted by Crippen LogP contribution is -2.32. The van der Waals surface area contributed by atoms with E-state index in [1.54, 1.807) is 73.1 Å². The molecule has 0 aliphatic heterocycles. The molecular weight excluding hydrogens is 400 g/mol. The summed E-state index contributed by atoms with van der Waals surface area (Å²) in [7, 11) is -3.81. The number of benzene rings is 2. The van der Waals surface area contributed by atoms with Crippen LogP contribution in [0, 0.1) is 6.92 Å². The van der Waals surface area contributed by atoms with Crippen molar-refractivity contribution in [3.8, 4) is 0 Å². The molecule has 1 aromatic heterocycles. The number of carbonyl (C=O) groups is 1. The molecule has 0 saturated heterocycles. The van der Waals surface area contributed by atoms with E-state index in [2.05, 4.69) is 20.2 Å². The van der Waals surface area contributed by atoms with Crippen LogP contribution in [0.4, 0.5) is 0 Å². The summed E-state index contributed by atoms with van der Waals surface area (Å²) in [6.07, 6.45) is 4.62. The lowest BCUT2D eigenvalue weighted by molar-refractivity contribution is -0.121. The van der Waals surface area contributed by atoms with Crippen LogP contribution in [-0.2, 0) is 14.8 Å². The molecule has 0 fully saturated rings. The van der Waals surface area contributed by atoms with Crippen LogP contribution in [0.1, 0.15) is 29.2 Å². The largest absolute Gasteiger partial charge is 0.273 e. The van der Waals surface area contributed by atoms with Crippen molar-refractivity contribution in [2.24, 2.45) is 5.10 Å². The molecule has 7 nitrogen and oxygen atoms in total. The fourth-order valence-electron chi connectivity index (χ4n) is 2.75. The van der Waals surface area contributed by atoms with E-state index >= 15 is 0 Å². The smallest absolute Gasteiger partial charge is 0.242 e. The molecule has 154 valence electrons. The highest BCUT2D eigenvalue weighted by molar-refractivity contribution is 7.89. The van der Waals surface area contributed by atoms with Gasteiger partial charge in [0.05, 0.1) is 17.2 Å². The number of amides is 1. The Balaban J connectivity index is 1.73. The fraction of sp³-hybridized carbons (Fsp3) is 0.136. The lowest BCUT2D eigenvalue weighted by atomic mass is 10.0. The molecule has 0 unspecified atom stereocenters. The second-order valence-electron chi connectivity index (χ2n) is 6.68. The monoisotopic (exact) mass is 422 g/mol. The summed E-state index contributed by atoms with van der Waals surface area (Å²) in [4.78, 5) is 16.5. The normalized spacial score (nSPS) is 12.6. The Morgan fingerprint density at radius 2 is 1.70 bits per heavy atom. The molecule has 2 aromatic carbocycles. The minimum absolute atomic E-state index is 0.108. The zero-order valence-electron chi connectivity index (χ0n) is 16.4. The second kappa shape index (κ2) is 9.91. The van der Waals surface area contributed by atoms with Crippen LogP contribution in [0.5, 0.6) is 0 Å². The van der Waals surface area contributed by atoms with Gasteiger partial charge in [-0.1, -0.05) is 48.0 Å². The third-order valence-corrected chi connectivity index (χ3v) is 5.82. The molecule has 1 heterocycles. The van der Waals surface area contributed by atoms with E-state index in [1.807, 2.05) is 13.0 Å². The van der Waals surface area contributed by atoms with E-state index in [9.17, 15) is 13.2 Å². The standard InChI is InChI=1S/C22H22N4O3S/c1-17-7-9-20(10-8-17)30(28,29)26-21(19-5-3-2-4-6-19)15-22(27)25-24-16-18-11-13-23-14-12-18/h2-14,16,21,26H,15H2,1H3,(H,25,27)/b24-16-/t21-/m0/s1. The molecule has 0 saturated carbocycles. The maximum absolute atomic E-state index is 12.8. The minimum atomic E-state index is -3.81. The number of hydrazone groups is 1. The number of rotatable bonds is 8. The molecule has 3 rings (SSSR count). The van der Waals surface area contributed by atoms with Crippen LogP contribution in [0.2, 0.25) is 0 Å². The van der Waals surface area contributed by atoms with Gasteiger partial charge in [-0.3, -0.25) is 9.78 Å². The summed E-state index contributed by atoms with van der Waals surface area (Å²) >= 11 is 0. The first-order valence-corrected chi connectivity index (χ1v) is 10.8. The van der Waals surface area contributed by atoms with Crippen molar-refractivity contribution >= 4 is 22.1 Å². The summed E-state index contributed by atoms with van der Waals surface area (Å²) in [5, 5.41) is 3.92. The summed E-state index contributed by atoms with van der Waals surface area (Å²) in [5.74, 6) is -0.416. The number of carbonyl (C=O) groups excluding carboxylic acids is 1. The fourth-order valence-corrected chi connectivity index (χ4v) is 3.97. The van der Waals surface area contributed by atoms with E-state index in [4.69, 9.17) is 0 Å². The predicted molar refractivity (Wildman–Crippen MR) is 115 cm³/mol. The van der Waals surface area contributed by atoms with Gasteiger partial charge < -0.3 is 0 Å². The Kier molecular flexibility index (Phi) is 7.05. The molecule has 1 amide bonds. The van der Waals surface area contributed by atoms with Gasteiger partial charge in [-0.15, -0.1) is 0 Å². The summed E-state index contributed by atoms with van der Waals surface area (Å²) < 4.78 is 28.3. The SMILES string of the molecule is Cc1ccc(S(=O)(=O)N[C@@H](CC(=O)N/N=C\c2ccncc2)c2ccccc2)cc1. The first kappa shape index (κ1) is 21.4. The number of hydrogen-bond acceptors (Lipinski definition) is 5. The highest BCUT2D eigenvalue weighted by Crippen LogP contribution is 2.20. The molecule has 0 aliphatic rings.